The number of halogens is 1. The third-order valence-corrected chi connectivity index (χ3v) is 11.8. The highest BCUT2D eigenvalue weighted by Gasteiger charge is 2.34. The fourth-order valence-electron chi connectivity index (χ4n) is 8.84. The Morgan fingerprint density at radius 1 is 0.941 bits per heavy atom. The van der Waals surface area contributed by atoms with Gasteiger partial charge in [0.15, 0.2) is 0 Å². The van der Waals surface area contributed by atoms with E-state index in [4.69, 9.17) is 5.10 Å². The van der Waals surface area contributed by atoms with E-state index >= 15 is 4.39 Å². The quantitative estimate of drug-likeness (QED) is 0.219. The average molecular weight is 699 g/mol. The summed E-state index contributed by atoms with van der Waals surface area (Å²) in [6.45, 7) is 5.05. The van der Waals surface area contributed by atoms with Gasteiger partial charge in [0, 0.05) is 61.8 Å². The maximum Gasteiger partial charge on any atom is 0.404 e. The van der Waals surface area contributed by atoms with Crippen LogP contribution in [0.4, 0.5) is 9.18 Å². The van der Waals surface area contributed by atoms with Crippen LogP contribution in [0.5, 0.6) is 0 Å². The smallest absolute Gasteiger partial charge is 0.404 e. The number of hydrogen-bond acceptors (Lipinski definition) is 5. The van der Waals surface area contributed by atoms with Gasteiger partial charge in [-0.3, -0.25) is 9.59 Å². The summed E-state index contributed by atoms with van der Waals surface area (Å²) in [5.74, 6) is 0.446. The molecule has 1 aromatic carbocycles. The fraction of sp³-hybridized carbons (Fsp3) is 0.538. The van der Waals surface area contributed by atoms with Gasteiger partial charge >= 0.3 is 6.09 Å². The maximum atomic E-state index is 15.4. The molecule has 5 heterocycles. The van der Waals surface area contributed by atoms with Crippen LogP contribution in [-0.4, -0.2) is 90.4 Å². The molecular weight excluding hydrogens is 651 g/mol. The number of aliphatic hydroxyl groups excluding tert-OH is 1. The summed E-state index contributed by atoms with van der Waals surface area (Å²) in [6.07, 6.45) is 8.53. The predicted octanol–water partition coefficient (Wildman–Crippen LogP) is 5.94. The van der Waals surface area contributed by atoms with Crippen LogP contribution in [0.15, 0.2) is 36.5 Å². The van der Waals surface area contributed by atoms with Crippen LogP contribution < -0.4 is 5.32 Å². The van der Waals surface area contributed by atoms with Crippen molar-refractivity contribution in [2.45, 2.75) is 95.7 Å². The molecule has 3 N–H and O–H groups in total. The molecule has 51 heavy (non-hydrogen) atoms. The monoisotopic (exact) mass is 698 g/mol. The van der Waals surface area contributed by atoms with Gasteiger partial charge in [-0.1, -0.05) is 0 Å². The van der Waals surface area contributed by atoms with Gasteiger partial charge in [0.2, 0.25) is 5.91 Å². The van der Waals surface area contributed by atoms with Gasteiger partial charge < -0.3 is 29.9 Å². The third-order valence-electron chi connectivity index (χ3n) is 11.8. The van der Waals surface area contributed by atoms with Gasteiger partial charge in [0.25, 0.3) is 5.91 Å². The van der Waals surface area contributed by atoms with E-state index in [1.807, 2.05) is 24.0 Å². The second kappa shape index (κ2) is 13.6. The molecule has 4 aromatic rings. The van der Waals surface area contributed by atoms with E-state index in [0.717, 1.165) is 90.4 Å². The Labute approximate surface area is 296 Å². The fourth-order valence-corrected chi connectivity index (χ4v) is 8.84. The Kier molecular flexibility index (Phi) is 8.98. The molecule has 2 aliphatic carbocycles. The Morgan fingerprint density at radius 2 is 1.71 bits per heavy atom. The van der Waals surface area contributed by atoms with Gasteiger partial charge in [0.05, 0.1) is 28.4 Å². The Hall–Kier alpha value is -4.45. The Bertz CT molecular complexity index is 1980. The summed E-state index contributed by atoms with van der Waals surface area (Å²) in [7, 11) is 0. The highest BCUT2D eigenvalue weighted by atomic mass is 19.1. The lowest BCUT2D eigenvalue weighted by Crippen LogP contribution is -2.49. The molecule has 12 heteroatoms. The van der Waals surface area contributed by atoms with E-state index in [1.165, 1.54) is 0 Å². The van der Waals surface area contributed by atoms with Crippen LogP contribution in [0.1, 0.15) is 91.6 Å². The molecule has 1 atom stereocenters. The van der Waals surface area contributed by atoms with Crippen LogP contribution in [-0.2, 0) is 11.3 Å². The number of rotatable bonds is 7. The number of nitrogens with one attached hydrogen (secondary N) is 1. The van der Waals surface area contributed by atoms with Gasteiger partial charge in [0.1, 0.15) is 11.5 Å². The van der Waals surface area contributed by atoms with Crippen LogP contribution in [0.3, 0.4) is 0 Å². The number of carbonyl (C=O) groups is 3. The minimum atomic E-state index is -1.08. The molecular formula is C39H47FN6O5. The molecule has 8 rings (SSSR count). The number of hydrogen-bond donors (Lipinski definition) is 3. The number of carbonyl (C=O) groups excluding carboxylic acids is 2. The topological polar surface area (TPSA) is 132 Å². The summed E-state index contributed by atoms with van der Waals surface area (Å²) >= 11 is 0. The van der Waals surface area contributed by atoms with Gasteiger partial charge in [-0.15, -0.1) is 0 Å². The minimum Gasteiger partial charge on any atom is -0.465 e. The molecule has 0 radical (unpaired) electrons. The standard InChI is InChI=1S/C39H47FN6O5/c1-23-33-11-8-27(38(49)44-14-2-3-30(22-44)41-39(50)51)21-46(33)42-35(23)34-18-28-17-29(40)19-32(36(28)45(34)20-24-4-5-24)25-12-15-43(16-13-25)37(48)26-6-9-31(47)10-7-26/h8,11,17-19,21,24-26,30-31,41,47H,2-7,9-10,12-16,20,22H2,1H3,(H,50,51)/t26?,30-,31?/m1/s1. The highest BCUT2D eigenvalue weighted by molar-refractivity contribution is 5.95. The van der Waals surface area contributed by atoms with Crippen molar-refractivity contribution in [2.24, 2.45) is 11.8 Å². The van der Waals surface area contributed by atoms with Crippen molar-refractivity contribution in [3.63, 3.8) is 0 Å². The SMILES string of the molecule is Cc1c(-c2cc3cc(F)cc(C4CCN(C(=O)C5CCC(O)CC5)CC4)c3n2CC2CC2)nn2cc(C(=O)N3CCC[C@@H](NC(=O)O)C3)ccc12. The molecule has 0 bridgehead atoms. The minimum absolute atomic E-state index is 0.00901. The number of aromatic nitrogens is 3. The zero-order valence-corrected chi connectivity index (χ0v) is 29.2. The molecule has 3 amide bonds. The summed E-state index contributed by atoms with van der Waals surface area (Å²) in [5.41, 5.74) is 6.11. The number of amides is 3. The number of aryl methyl sites for hydroxylation is 1. The van der Waals surface area contributed by atoms with Crippen molar-refractivity contribution in [1.82, 2.24) is 29.3 Å². The zero-order valence-electron chi connectivity index (χ0n) is 29.2. The number of likely N-dealkylation sites (tertiary alicyclic amines) is 2. The van der Waals surface area contributed by atoms with Crippen molar-refractivity contribution in [3.8, 4) is 11.4 Å². The summed E-state index contributed by atoms with van der Waals surface area (Å²) < 4.78 is 19.5. The number of benzene rings is 1. The number of carboxylic acid groups (broad SMARTS) is 1. The number of nitrogens with zero attached hydrogens (tertiary/aromatic N) is 5. The van der Waals surface area contributed by atoms with E-state index in [0.29, 0.717) is 56.9 Å². The molecule has 4 aliphatic rings. The van der Waals surface area contributed by atoms with Crippen LogP contribution >= 0.6 is 0 Å². The molecule has 0 unspecified atom stereocenters. The number of fused-ring (bicyclic) bond motifs is 2. The highest BCUT2D eigenvalue weighted by Crippen LogP contribution is 2.42. The first kappa shape index (κ1) is 33.7. The number of aliphatic hydroxyl groups is 1. The molecule has 2 saturated carbocycles. The van der Waals surface area contributed by atoms with Crippen LogP contribution in [0.25, 0.3) is 27.8 Å². The predicted molar refractivity (Wildman–Crippen MR) is 190 cm³/mol. The molecule has 2 saturated heterocycles. The first-order valence-electron chi connectivity index (χ1n) is 18.7. The normalized spacial score (nSPS) is 23.2. The first-order valence-corrected chi connectivity index (χ1v) is 18.7. The number of piperidine rings is 2. The van der Waals surface area contributed by atoms with Crippen molar-refractivity contribution in [2.75, 3.05) is 26.2 Å². The van der Waals surface area contributed by atoms with Crippen LogP contribution in [0.2, 0.25) is 0 Å². The van der Waals surface area contributed by atoms with E-state index in [9.17, 15) is 24.6 Å². The second-order valence-electron chi connectivity index (χ2n) is 15.4. The summed E-state index contributed by atoms with van der Waals surface area (Å²) in [6, 6.07) is 8.81. The molecule has 3 aromatic heterocycles. The molecule has 4 fully saturated rings. The van der Waals surface area contributed by atoms with E-state index < -0.39 is 6.09 Å². The van der Waals surface area contributed by atoms with Crippen molar-refractivity contribution in [3.05, 3.63) is 59.0 Å². The lowest BCUT2D eigenvalue weighted by Gasteiger charge is -2.36. The van der Waals surface area contributed by atoms with Gasteiger partial charge in [-0.25, -0.2) is 13.7 Å². The molecule has 0 spiro atoms. The molecule has 2 aliphatic heterocycles. The number of pyridine rings is 1. The second-order valence-corrected chi connectivity index (χ2v) is 15.4. The summed E-state index contributed by atoms with van der Waals surface area (Å²) in [5, 5.41) is 27.5. The van der Waals surface area contributed by atoms with E-state index in [2.05, 4.69) is 16.0 Å². The molecule has 11 nitrogen and oxygen atoms in total. The van der Waals surface area contributed by atoms with Crippen LogP contribution in [0, 0.1) is 24.6 Å². The van der Waals surface area contributed by atoms with Gasteiger partial charge in [-0.2, -0.15) is 5.10 Å². The lowest BCUT2D eigenvalue weighted by atomic mass is 9.84. The van der Waals surface area contributed by atoms with Crippen molar-refractivity contribution >= 4 is 34.3 Å². The van der Waals surface area contributed by atoms with Crippen molar-refractivity contribution in [1.29, 1.82) is 0 Å². The first-order chi connectivity index (χ1) is 24.6. The maximum absolute atomic E-state index is 15.4. The zero-order chi connectivity index (χ0) is 35.4. The van der Waals surface area contributed by atoms with Crippen molar-refractivity contribution < 1.29 is 29.0 Å². The summed E-state index contributed by atoms with van der Waals surface area (Å²) in [4.78, 5) is 41.8. The Balaban J connectivity index is 1.09. The average Bonchev–Trinajstić information content (AvgIpc) is 3.80. The molecule has 270 valence electrons. The largest absolute Gasteiger partial charge is 0.465 e. The van der Waals surface area contributed by atoms with Gasteiger partial charge in [-0.05, 0) is 119 Å². The van der Waals surface area contributed by atoms with E-state index in [-0.39, 0.29) is 41.6 Å². The third kappa shape index (κ3) is 6.70. The lowest BCUT2D eigenvalue weighted by molar-refractivity contribution is -0.138. The van der Waals surface area contributed by atoms with E-state index in [1.54, 1.807) is 27.7 Å². The Morgan fingerprint density at radius 3 is 2.43 bits per heavy atom.